The number of benzene rings is 2. The minimum absolute atomic E-state index is 0. The predicted octanol–water partition coefficient (Wildman–Crippen LogP) is 4.62. The van der Waals surface area contributed by atoms with Crippen molar-refractivity contribution in [3.05, 3.63) is 64.2 Å². The fourth-order valence-corrected chi connectivity index (χ4v) is 4.86. The third-order valence-corrected chi connectivity index (χ3v) is 6.90. The van der Waals surface area contributed by atoms with E-state index in [1.807, 2.05) is 30.9 Å². The molecule has 31 heavy (non-hydrogen) atoms. The zero-order valence-electron chi connectivity index (χ0n) is 19.0. The summed E-state index contributed by atoms with van der Waals surface area (Å²) in [6, 6.07) is 14.1. The summed E-state index contributed by atoms with van der Waals surface area (Å²) >= 11 is 0. The molecule has 5 heteroatoms. The van der Waals surface area contributed by atoms with Gasteiger partial charge < -0.3 is 15.0 Å². The molecule has 0 bridgehead atoms. The number of fused-ring (bicyclic) bond motifs is 1. The van der Waals surface area contributed by atoms with Gasteiger partial charge in [0.2, 0.25) is 0 Å². The van der Waals surface area contributed by atoms with Crippen molar-refractivity contribution in [2.45, 2.75) is 58.5 Å². The second-order valence-electron chi connectivity index (χ2n) is 8.75. The van der Waals surface area contributed by atoms with E-state index in [0.717, 1.165) is 62.3 Å². The summed E-state index contributed by atoms with van der Waals surface area (Å²) in [6.07, 6.45) is 3.01. The van der Waals surface area contributed by atoms with Gasteiger partial charge in [0.05, 0.1) is 5.60 Å². The monoisotopic (exact) mass is 507 g/mol. The fraction of sp³-hybridized carbons (Fsp3) is 0.500. The molecule has 1 saturated heterocycles. The van der Waals surface area contributed by atoms with E-state index in [2.05, 4.69) is 43.4 Å². The van der Waals surface area contributed by atoms with Crippen molar-refractivity contribution in [1.29, 1.82) is 0 Å². The Morgan fingerprint density at radius 3 is 2.42 bits per heavy atom. The number of nitrogens with one attached hydrogen (secondary N) is 1. The zero-order valence-corrected chi connectivity index (χ0v) is 20.8. The third kappa shape index (κ3) is 4.73. The van der Waals surface area contributed by atoms with Gasteiger partial charge in [-0.1, -0.05) is 26.0 Å². The van der Waals surface area contributed by atoms with Crippen LogP contribution in [0.3, 0.4) is 0 Å². The van der Waals surface area contributed by atoms with Crippen LogP contribution in [0.15, 0.2) is 30.3 Å². The number of aryl methyl sites for hydroxylation is 2. The van der Waals surface area contributed by atoms with Gasteiger partial charge in [0.15, 0.2) is 0 Å². The van der Waals surface area contributed by atoms with Crippen molar-refractivity contribution < 1.29 is 29.0 Å². The van der Waals surface area contributed by atoms with Gasteiger partial charge in [-0.2, -0.15) is 17.2 Å². The van der Waals surface area contributed by atoms with E-state index < -0.39 is 0 Å². The van der Waals surface area contributed by atoms with Gasteiger partial charge in [-0.25, -0.2) is 0 Å². The van der Waals surface area contributed by atoms with E-state index in [-0.39, 0.29) is 36.9 Å². The summed E-state index contributed by atoms with van der Waals surface area (Å²) in [4.78, 5) is 14.6. The Hall–Kier alpha value is -1.71. The predicted molar refractivity (Wildman–Crippen MR) is 120 cm³/mol. The molecular weight excluding hydrogens is 473 g/mol. The molecule has 1 spiro atoms. The van der Waals surface area contributed by atoms with E-state index in [0.29, 0.717) is 0 Å². The average molecular weight is 507 g/mol. The number of hydrogen-bond donors (Lipinski definition) is 1. The molecule has 0 aromatic heterocycles. The maximum absolute atomic E-state index is 12.7. The Kier molecular flexibility index (Phi) is 7.60. The van der Waals surface area contributed by atoms with E-state index in [4.69, 9.17) is 4.74 Å². The van der Waals surface area contributed by atoms with Crippen LogP contribution < -0.4 is 10.1 Å². The number of carbonyl (C=O) groups is 1. The van der Waals surface area contributed by atoms with E-state index in [1.165, 1.54) is 16.7 Å². The quantitative estimate of drug-likeness (QED) is 0.486. The van der Waals surface area contributed by atoms with E-state index in [9.17, 15) is 4.79 Å². The summed E-state index contributed by atoms with van der Waals surface area (Å²) in [5.74, 6) is 1.33. The molecule has 1 N–H and O–H groups in total. The molecule has 167 valence electrons. The topological polar surface area (TPSA) is 41.6 Å². The fourth-order valence-electron chi connectivity index (χ4n) is 4.86. The molecule has 4 nitrogen and oxygen atoms in total. The van der Waals surface area contributed by atoms with Crippen LogP contribution in [0.2, 0.25) is 0 Å². The minimum atomic E-state index is -0.117. The van der Waals surface area contributed by atoms with Gasteiger partial charge in [-0.15, -0.1) is 11.6 Å². The van der Waals surface area contributed by atoms with Crippen molar-refractivity contribution in [3.63, 3.8) is 0 Å². The van der Waals surface area contributed by atoms with Gasteiger partial charge in [0.25, 0.3) is 5.91 Å². The smallest absolute Gasteiger partial charge is 0.545 e. The maximum atomic E-state index is 12.7. The maximum Gasteiger partial charge on any atom is 1.00 e. The first-order valence-corrected chi connectivity index (χ1v) is 11.3. The van der Waals surface area contributed by atoms with Crippen molar-refractivity contribution >= 4 is 5.91 Å². The van der Waals surface area contributed by atoms with Crippen LogP contribution in [0.5, 0.6) is 5.75 Å². The Morgan fingerprint density at radius 1 is 1.16 bits per heavy atom. The molecule has 1 amide bonds. The number of hydrogen-bond acceptors (Lipinski definition) is 3. The van der Waals surface area contributed by atoms with E-state index in [1.54, 1.807) is 0 Å². The SMILES string of the molecule is CCN(CC)C(=O)c1ccc(C2CC3(CCNCC3)Oc3cc(C)c(C)[c-]c32)cc1.[Ru+]. The molecule has 2 aromatic carbocycles. The summed E-state index contributed by atoms with van der Waals surface area (Å²) < 4.78 is 6.64. The molecule has 2 heterocycles. The number of rotatable bonds is 4. The van der Waals surface area contributed by atoms with Crippen LogP contribution in [-0.2, 0) is 19.5 Å². The molecular formula is C26H33N2O2Ru. The molecule has 1 atom stereocenters. The summed E-state index contributed by atoms with van der Waals surface area (Å²) in [5.41, 5.74) is 5.44. The first-order valence-electron chi connectivity index (χ1n) is 11.3. The van der Waals surface area contributed by atoms with Crippen molar-refractivity contribution in [3.8, 4) is 5.75 Å². The number of carbonyl (C=O) groups excluding carboxylic acids is 1. The molecule has 2 aromatic rings. The van der Waals surface area contributed by atoms with Gasteiger partial charge in [-0.3, -0.25) is 4.79 Å². The zero-order chi connectivity index (χ0) is 21.3. The summed E-state index contributed by atoms with van der Waals surface area (Å²) in [6.45, 7) is 11.7. The van der Waals surface area contributed by atoms with Crippen LogP contribution in [0, 0.1) is 19.9 Å². The molecule has 1 radical (unpaired) electrons. The van der Waals surface area contributed by atoms with Crippen molar-refractivity contribution in [1.82, 2.24) is 10.2 Å². The second-order valence-corrected chi connectivity index (χ2v) is 8.75. The largest absolute Gasteiger partial charge is 1.00 e. The molecule has 1 fully saturated rings. The normalized spacial score (nSPS) is 19.2. The molecule has 0 aliphatic carbocycles. The number of nitrogens with zero attached hydrogens (tertiary/aromatic N) is 1. The summed E-state index contributed by atoms with van der Waals surface area (Å²) in [7, 11) is 0. The van der Waals surface area contributed by atoms with Crippen molar-refractivity contribution in [2.24, 2.45) is 0 Å². The molecule has 2 aliphatic rings. The van der Waals surface area contributed by atoms with Crippen molar-refractivity contribution in [2.75, 3.05) is 26.2 Å². The molecule has 1 unspecified atom stereocenters. The number of piperidine rings is 1. The first-order chi connectivity index (χ1) is 14.5. The Bertz CT molecular complexity index is 916. The van der Waals surface area contributed by atoms with Crippen LogP contribution in [0.4, 0.5) is 0 Å². The van der Waals surface area contributed by atoms with Crippen LogP contribution in [0.25, 0.3) is 0 Å². The Morgan fingerprint density at radius 2 is 1.81 bits per heavy atom. The Balaban J connectivity index is 0.00000272. The second kappa shape index (κ2) is 9.83. The molecule has 4 rings (SSSR count). The first kappa shape index (κ1) is 23.9. The van der Waals surface area contributed by atoms with Crippen LogP contribution in [-0.4, -0.2) is 42.6 Å². The third-order valence-electron chi connectivity index (χ3n) is 6.90. The summed E-state index contributed by atoms with van der Waals surface area (Å²) in [5, 5.41) is 3.47. The van der Waals surface area contributed by atoms with Gasteiger partial charge in [0.1, 0.15) is 0 Å². The standard InChI is InChI=1S/C26H33N2O2.Ru/c1-5-28(6-2)25(29)21-9-7-20(8-10-21)23-17-26(11-13-27-14-12-26)30-24-16-19(4)18(3)15-22(23)24;/h7-10,16,23,27H,5-6,11-14,17H2,1-4H3;/q-1;+1. The van der Waals surface area contributed by atoms with Gasteiger partial charge >= 0.3 is 19.5 Å². The number of amides is 1. The van der Waals surface area contributed by atoms with Crippen LogP contribution >= 0.6 is 0 Å². The van der Waals surface area contributed by atoms with E-state index >= 15 is 0 Å². The average Bonchev–Trinajstić information content (AvgIpc) is 2.76. The minimum Gasteiger partial charge on any atom is -0.545 e. The van der Waals surface area contributed by atoms with Gasteiger partial charge in [-0.05, 0) is 69.8 Å². The Labute approximate surface area is 199 Å². The molecule has 0 saturated carbocycles. The van der Waals surface area contributed by atoms with Gasteiger partial charge in [0, 0.05) is 24.4 Å². The number of ether oxygens (including phenoxy) is 1. The van der Waals surface area contributed by atoms with Crippen LogP contribution in [0.1, 0.15) is 71.6 Å². The molecule has 2 aliphatic heterocycles.